The summed E-state index contributed by atoms with van der Waals surface area (Å²) in [5.41, 5.74) is 5.40. The van der Waals surface area contributed by atoms with Gasteiger partial charge in [0.1, 0.15) is 14.8 Å². The zero-order valence-electron chi connectivity index (χ0n) is 20.8. The van der Waals surface area contributed by atoms with Gasteiger partial charge < -0.3 is 9.72 Å². The molecule has 2 fully saturated rings. The molecule has 0 spiro atoms. The molecular formula is C27H39NO3Si. The third kappa shape index (κ3) is 3.87. The summed E-state index contributed by atoms with van der Waals surface area (Å²) in [5, 5.41) is 0. The summed E-state index contributed by atoms with van der Waals surface area (Å²) in [6.07, 6.45) is 12.6. The fourth-order valence-electron chi connectivity index (χ4n) is 7.13. The van der Waals surface area contributed by atoms with Crippen molar-refractivity contribution in [3.63, 3.8) is 0 Å². The van der Waals surface area contributed by atoms with Gasteiger partial charge in [-0.15, -0.1) is 0 Å². The second-order valence-electron chi connectivity index (χ2n) is 11.8. The maximum absolute atomic E-state index is 12.0. The van der Waals surface area contributed by atoms with Gasteiger partial charge in [0.15, 0.2) is 5.78 Å². The molecule has 0 aromatic rings. The fourth-order valence-corrected chi connectivity index (χ4v) is 8.25. The molecule has 174 valence electrons. The minimum absolute atomic E-state index is 0.0709. The molecular weight excluding hydrogens is 414 g/mol. The standard InChI is InChI=1S/C27H39NO3Si/c1-17-14-23-21-9-8-19-15-20(30)10-12-26(19,3)22(21)11-13-27(23,4)25(17)24(16-31-18(2)29)28-32(5,6)7/h10-12,15,17,21,23,28H,8-9,13-14,16H2,1-7H3/b25-24-/t17-,21?,23?,26+,27+/m1/s1. The van der Waals surface area contributed by atoms with Crippen LogP contribution in [0.2, 0.25) is 19.6 Å². The number of carbonyl (C=O) groups is 2. The van der Waals surface area contributed by atoms with Crippen LogP contribution in [0.3, 0.4) is 0 Å². The molecule has 32 heavy (non-hydrogen) atoms. The lowest BCUT2D eigenvalue weighted by molar-refractivity contribution is -0.140. The Bertz CT molecular complexity index is 966. The first-order valence-electron chi connectivity index (χ1n) is 12.1. The fraction of sp³-hybridized carbons (Fsp3) is 0.630. The summed E-state index contributed by atoms with van der Waals surface area (Å²) in [7, 11) is -1.62. The number of ketones is 1. The minimum atomic E-state index is -1.62. The first kappa shape index (κ1) is 23.3. The summed E-state index contributed by atoms with van der Waals surface area (Å²) in [6.45, 7) is 15.8. The van der Waals surface area contributed by atoms with Crippen molar-refractivity contribution in [1.29, 1.82) is 0 Å². The molecule has 0 heterocycles. The number of ether oxygens (including phenoxy) is 1. The lowest BCUT2D eigenvalue weighted by Crippen LogP contribution is -2.45. The Morgan fingerprint density at radius 3 is 2.66 bits per heavy atom. The highest BCUT2D eigenvalue weighted by atomic mass is 28.3. The van der Waals surface area contributed by atoms with Gasteiger partial charge in [0.2, 0.25) is 0 Å². The van der Waals surface area contributed by atoms with Crippen LogP contribution in [-0.2, 0) is 14.3 Å². The topological polar surface area (TPSA) is 55.4 Å². The Morgan fingerprint density at radius 1 is 1.28 bits per heavy atom. The molecule has 0 amide bonds. The van der Waals surface area contributed by atoms with Crippen molar-refractivity contribution in [1.82, 2.24) is 4.98 Å². The molecule has 4 aliphatic carbocycles. The Kier molecular flexibility index (Phi) is 5.72. The molecule has 0 aromatic carbocycles. The van der Waals surface area contributed by atoms with Crippen molar-refractivity contribution < 1.29 is 14.3 Å². The molecule has 5 atom stereocenters. The second-order valence-corrected chi connectivity index (χ2v) is 16.6. The van der Waals surface area contributed by atoms with Gasteiger partial charge in [0, 0.05) is 18.0 Å². The number of esters is 1. The third-order valence-corrected chi connectivity index (χ3v) is 9.38. The quantitative estimate of drug-likeness (QED) is 0.337. The van der Waals surface area contributed by atoms with Crippen molar-refractivity contribution >= 4 is 20.0 Å². The van der Waals surface area contributed by atoms with Gasteiger partial charge in [-0.25, -0.2) is 0 Å². The van der Waals surface area contributed by atoms with Crippen LogP contribution in [-0.4, -0.2) is 26.6 Å². The molecule has 1 N–H and O–H groups in total. The molecule has 0 aromatic heterocycles. The summed E-state index contributed by atoms with van der Waals surface area (Å²) in [5.74, 6) is 1.48. The largest absolute Gasteiger partial charge is 0.459 e. The molecule has 5 heteroatoms. The molecule has 4 aliphatic rings. The van der Waals surface area contributed by atoms with Crippen LogP contribution in [0.15, 0.2) is 46.7 Å². The van der Waals surface area contributed by atoms with Crippen molar-refractivity contribution in [2.24, 2.45) is 28.6 Å². The highest BCUT2D eigenvalue weighted by molar-refractivity contribution is 6.74. The van der Waals surface area contributed by atoms with Crippen LogP contribution in [0.5, 0.6) is 0 Å². The Morgan fingerprint density at radius 2 is 2.00 bits per heavy atom. The Hall–Kier alpha value is -1.88. The van der Waals surface area contributed by atoms with Crippen molar-refractivity contribution in [2.75, 3.05) is 6.61 Å². The predicted octanol–water partition coefficient (Wildman–Crippen LogP) is 5.70. The van der Waals surface area contributed by atoms with E-state index < -0.39 is 8.24 Å². The van der Waals surface area contributed by atoms with Gasteiger partial charge in [0.05, 0.1) is 0 Å². The van der Waals surface area contributed by atoms with Gasteiger partial charge in [-0.05, 0) is 73.5 Å². The van der Waals surface area contributed by atoms with Crippen molar-refractivity contribution in [3.8, 4) is 0 Å². The van der Waals surface area contributed by atoms with E-state index in [1.807, 2.05) is 6.08 Å². The van der Waals surface area contributed by atoms with E-state index in [1.54, 1.807) is 6.08 Å². The molecule has 4 nitrogen and oxygen atoms in total. The van der Waals surface area contributed by atoms with Crippen molar-refractivity contribution in [2.45, 2.75) is 73.0 Å². The van der Waals surface area contributed by atoms with Gasteiger partial charge in [0.25, 0.3) is 0 Å². The van der Waals surface area contributed by atoms with E-state index in [0.717, 1.165) is 25.0 Å². The zero-order valence-corrected chi connectivity index (χ0v) is 21.8. The minimum Gasteiger partial charge on any atom is -0.459 e. The van der Waals surface area contributed by atoms with E-state index in [2.05, 4.69) is 57.5 Å². The maximum atomic E-state index is 12.0. The van der Waals surface area contributed by atoms with Crippen LogP contribution < -0.4 is 4.98 Å². The number of rotatable bonds is 4. The number of hydrogen-bond donors (Lipinski definition) is 1. The monoisotopic (exact) mass is 453 g/mol. The lowest BCUT2D eigenvalue weighted by atomic mass is 9.53. The van der Waals surface area contributed by atoms with E-state index in [1.165, 1.54) is 30.1 Å². The van der Waals surface area contributed by atoms with E-state index >= 15 is 0 Å². The number of nitrogens with one attached hydrogen (secondary N) is 1. The Balaban J connectivity index is 1.76. The maximum Gasteiger partial charge on any atom is 0.303 e. The molecule has 0 radical (unpaired) electrons. The van der Waals surface area contributed by atoms with Crippen molar-refractivity contribution in [3.05, 3.63) is 46.7 Å². The Labute approximate surface area is 194 Å². The molecule has 4 rings (SSSR count). The van der Waals surface area contributed by atoms with E-state index in [-0.39, 0.29) is 22.6 Å². The van der Waals surface area contributed by atoms with E-state index in [4.69, 9.17) is 4.74 Å². The van der Waals surface area contributed by atoms with Gasteiger partial charge in [-0.3, -0.25) is 9.59 Å². The molecule has 0 aliphatic heterocycles. The third-order valence-electron chi connectivity index (χ3n) is 8.32. The SMILES string of the molecule is CC(=O)OC/C(N[Si](C)(C)C)=C1\[C@H](C)CC2C3CCC4=CC(=O)C=C[C@]4(C)C3=CC[C@]12C. The van der Waals surface area contributed by atoms with Crippen LogP contribution >= 0.6 is 0 Å². The highest BCUT2D eigenvalue weighted by Gasteiger charge is 2.56. The first-order valence-corrected chi connectivity index (χ1v) is 15.6. The number of allylic oxidation sites excluding steroid dienone is 7. The highest BCUT2D eigenvalue weighted by Crippen LogP contribution is 2.65. The number of carbonyl (C=O) groups excluding carboxylic acids is 2. The molecule has 0 saturated heterocycles. The summed E-state index contributed by atoms with van der Waals surface area (Å²) in [4.78, 5) is 27.5. The lowest BCUT2D eigenvalue weighted by Gasteiger charge is -2.51. The average molecular weight is 454 g/mol. The zero-order chi connectivity index (χ0) is 23.5. The number of hydrogen-bond acceptors (Lipinski definition) is 4. The van der Waals surface area contributed by atoms with Gasteiger partial charge in [-0.1, -0.05) is 56.8 Å². The normalized spacial score (nSPS) is 37.6. The summed E-state index contributed by atoms with van der Waals surface area (Å²) < 4.78 is 5.54. The number of fused-ring (bicyclic) bond motifs is 5. The molecule has 0 bridgehead atoms. The van der Waals surface area contributed by atoms with Gasteiger partial charge >= 0.3 is 5.97 Å². The van der Waals surface area contributed by atoms with E-state index in [0.29, 0.717) is 24.4 Å². The van der Waals surface area contributed by atoms with Crippen LogP contribution in [0.1, 0.15) is 53.4 Å². The predicted molar refractivity (Wildman–Crippen MR) is 131 cm³/mol. The molecule has 2 saturated carbocycles. The first-order chi connectivity index (χ1) is 14.8. The molecule has 2 unspecified atom stereocenters. The van der Waals surface area contributed by atoms with Crippen LogP contribution in [0.25, 0.3) is 0 Å². The second kappa shape index (κ2) is 7.86. The van der Waals surface area contributed by atoms with Crippen LogP contribution in [0.4, 0.5) is 0 Å². The summed E-state index contributed by atoms with van der Waals surface area (Å²) >= 11 is 0. The van der Waals surface area contributed by atoms with Crippen LogP contribution in [0, 0.1) is 28.6 Å². The average Bonchev–Trinajstić information content (AvgIpc) is 2.95. The van der Waals surface area contributed by atoms with Gasteiger partial charge in [-0.2, -0.15) is 0 Å². The smallest absolute Gasteiger partial charge is 0.303 e. The summed E-state index contributed by atoms with van der Waals surface area (Å²) in [6, 6.07) is 0. The van der Waals surface area contributed by atoms with E-state index in [9.17, 15) is 9.59 Å².